The first-order valence-electron chi connectivity index (χ1n) is 11.6. The Balaban J connectivity index is 1.56. The molecule has 4 aromatic carbocycles. The molecule has 1 aliphatic carbocycles. The predicted molar refractivity (Wildman–Crippen MR) is 144 cm³/mol. The zero-order valence-corrected chi connectivity index (χ0v) is 19.4. The molecular formula is C32H27N. The number of hydrogen-bond acceptors (Lipinski definition) is 0. The molecule has 1 aliphatic rings. The quantitative estimate of drug-likeness (QED) is 0.297. The summed E-state index contributed by atoms with van der Waals surface area (Å²) in [6, 6.07) is 26.7. The number of allylic oxidation sites excluding steroid dienone is 5. The van der Waals surface area contributed by atoms with E-state index in [0.717, 1.165) is 0 Å². The Bertz CT molecular complexity index is 1650. The lowest BCUT2D eigenvalue weighted by molar-refractivity contribution is 0.654. The first-order valence-corrected chi connectivity index (χ1v) is 11.6. The van der Waals surface area contributed by atoms with Gasteiger partial charge in [0, 0.05) is 27.2 Å². The monoisotopic (exact) mass is 425 g/mol. The minimum absolute atomic E-state index is 0.0531. The SMILES string of the molecule is C=CC1=C(/C=C\C)C(C)(C)c2cc(-c3ccc4[nH]c5ccc6ccccc6c5c4c3)ccc21. The van der Waals surface area contributed by atoms with Crippen molar-refractivity contribution in [3.05, 3.63) is 114 Å². The Morgan fingerprint density at radius 3 is 2.39 bits per heavy atom. The van der Waals surface area contributed by atoms with E-state index in [1.54, 1.807) is 0 Å². The molecule has 6 rings (SSSR count). The highest BCUT2D eigenvalue weighted by molar-refractivity contribution is 6.20. The number of hydrogen-bond donors (Lipinski definition) is 1. The summed E-state index contributed by atoms with van der Waals surface area (Å²) in [5.41, 5.74) is 10.1. The Hall–Kier alpha value is -3.84. The van der Waals surface area contributed by atoms with Crippen LogP contribution in [0.3, 0.4) is 0 Å². The number of benzene rings is 4. The van der Waals surface area contributed by atoms with Gasteiger partial charge in [0.15, 0.2) is 0 Å². The van der Waals surface area contributed by atoms with E-state index in [-0.39, 0.29) is 5.41 Å². The van der Waals surface area contributed by atoms with Crippen LogP contribution < -0.4 is 0 Å². The minimum atomic E-state index is -0.0531. The fourth-order valence-electron chi connectivity index (χ4n) is 5.64. The highest BCUT2D eigenvalue weighted by atomic mass is 14.7. The van der Waals surface area contributed by atoms with E-state index >= 15 is 0 Å². The van der Waals surface area contributed by atoms with Gasteiger partial charge in [-0.25, -0.2) is 0 Å². The van der Waals surface area contributed by atoms with Crippen LogP contribution in [0, 0.1) is 0 Å². The summed E-state index contributed by atoms with van der Waals surface area (Å²) in [4.78, 5) is 3.61. The van der Waals surface area contributed by atoms with Crippen molar-refractivity contribution in [3.63, 3.8) is 0 Å². The summed E-state index contributed by atoms with van der Waals surface area (Å²) >= 11 is 0. The molecule has 0 unspecified atom stereocenters. The molecule has 1 nitrogen and oxygen atoms in total. The number of aromatic amines is 1. The molecule has 1 N–H and O–H groups in total. The smallest absolute Gasteiger partial charge is 0.0471 e. The third-order valence-electron chi connectivity index (χ3n) is 7.30. The van der Waals surface area contributed by atoms with E-state index < -0.39 is 0 Å². The lowest BCUT2D eigenvalue weighted by Crippen LogP contribution is -2.16. The van der Waals surface area contributed by atoms with Crippen LogP contribution in [0.2, 0.25) is 0 Å². The lowest BCUT2D eigenvalue weighted by atomic mass is 9.80. The van der Waals surface area contributed by atoms with Crippen molar-refractivity contribution in [2.45, 2.75) is 26.2 Å². The molecule has 1 heterocycles. The zero-order valence-electron chi connectivity index (χ0n) is 19.4. The van der Waals surface area contributed by atoms with Crippen molar-refractivity contribution < 1.29 is 0 Å². The van der Waals surface area contributed by atoms with Gasteiger partial charge in [-0.2, -0.15) is 0 Å². The topological polar surface area (TPSA) is 15.8 Å². The summed E-state index contributed by atoms with van der Waals surface area (Å²) in [7, 11) is 0. The van der Waals surface area contributed by atoms with Gasteiger partial charge in [0.1, 0.15) is 0 Å². The van der Waals surface area contributed by atoms with Crippen LogP contribution in [0.15, 0.2) is 103 Å². The van der Waals surface area contributed by atoms with Crippen LogP contribution in [-0.2, 0) is 5.41 Å². The number of nitrogens with one attached hydrogen (secondary N) is 1. The molecule has 160 valence electrons. The molecule has 0 spiro atoms. The van der Waals surface area contributed by atoms with Crippen LogP contribution in [0.4, 0.5) is 0 Å². The van der Waals surface area contributed by atoms with Crippen LogP contribution >= 0.6 is 0 Å². The summed E-state index contributed by atoms with van der Waals surface area (Å²) in [5.74, 6) is 0. The van der Waals surface area contributed by atoms with Crippen molar-refractivity contribution in [2.75, 3.05) is 0 Å². The maximum absolute atomic E-state index is 4.11. The van der Waals surface area contributed by atoms with E-state index in [4.69, 9.17) is 0 Å². The molecule has 1 aromatic heterocycles. The van der Waals surface area contributed by atoms with Crippen molar-refractivity contribution in [1.29, 1.82) is 0 Å². The van der Waals surface area contributed by atoms with Crippen LogP contribution in [0.1, 0.15) is 31.9 Å². The van der Waals surface area contributed by atoms with Gasteiger partial charge in [-0.05, 0) is 75.4 Å². The molecule has 0 atom stereocenters. The van der Waals surface area contributed by atoms with Crippen molar-refractivity contribution >= 4 is 38.2 Å². The van der Waals surface area contributed by atoms with Gasteiger partial charge < -0.3 is 4.98 Å². The first-order chi connectivity index (χ1) is 16.0. The van der Waals surface area contributed by atoms with E-state index in [9.17, 15) is 0 Å². The van der Waals surface area contributed by atoms with Gasteiger partial charge in [-0.1, -0.05) is 87.2 Å². The summed E-state index contributed by atoms with van der Waals surface area (Å²) in [5, 5.41) is 5.15. The van der Waals surface area contributed by atoms with Gasteiger partial charge in [0.2, 0.25) is 0 Å². The van der Waals surface area contributed by atoms with Gasteiger partial charge in [0.05, 0.1) is 0 Å². The van der Waals surface area contributed by atoms with Crippen molar-refractivity contribution in [1.82, 2.24) is 4.98 Å². The Morgan fingerprint density at radius 1 is 0.818 bits per heavy atom. The third-order valence-corrected chi connectivity index (χ3v) is 7.30. The fraction of sp³-hybridized carbons (Fsp3) is 0.125. The van der Waals surface area contributed by atoms with Crippen molar-refractivity contribution in [2.24, 2.45) is 0 Å². The zero-order chi connectivity index (χ0) is 22.7. The second-order valence-corrected chi connectivity index (χ2v) is 9.51. The molecule has 0 saturated carbocycles. The van der Waals surface area contributed by atoms with Gasteiger partial charge in [0.25, 0.3) is 0 Å². The molecule has 0 saturated heterocycles. The number of H-pyrrole nitrogens is 1. The number of fused-ring (bicyclic) bond motifs is 6. The van der Waals surface area contributed by atoms with E-state index in [1.807, 2.05) is 6.08 Å². The molecule has 33 heavy (non-hydrogen) atoms. The van der Waals surface area contributed by atoms with Gasteiger partial charge in [-0.15, -0.1) is 0 Å². The number of rotatable bonds is 3. The molecule has 0 radical (unpaired) electrons. The Labute approximate surface area is 194 Å². The van der Waals surface area contributed by atoms with Crippen LogP contribution in [0.5, 0.6) is 0 Å². The summed E-state index contributed by atoms with van der Waals surface area (Å²) in [6.45, 7) is 10.8. The van der Waals surface area contributed by atoms with Gasteiger partial charge in [-0.3, -0.25) is 0 Å². The molecule has 0 fully saturated rings. The molecule has 0 amide bonds. The minimum Gasteiger partial charge on any atom is -0.354 e. The third kappa shape index (κ3) is 2.79. The highest BCUT2D eigenvalue weighted by Crippen LogP contribution is 2.48. The summed E-state index contributed by atoms with van der Waals surface area (Å²) in [6.07, 6.45) is 6.37. The summed E-state index contributed by atoms with van der Waals surface area (Å²) < 4.78 is 0. The van der Waals surface area contributed by atoms with Crippen LogP contribution in [0.25, 0.3) is 49.3 Å². The molecular weight excluding hydrogens is 398 g/mol. The average molecular weight is 426 g/mol. The van der Waals surface area contributed by atoms with E-state index in [1.165, 1.54) is 66.0 Å². The van der Waals surface area contributed by atoms with Crippen LogP contribution in [-0.4, -0.2) is 4.98 Å². The maximum Gasteiger partial charge on any atom is 0.0471 e. The highest BCUT2D eigenvalue weighted by Gasteiger charge is 2.35. The number of aromatic nitrogens is 1. The molecule has 0 bridgehead atoms. The standard InChI is InChI=1S/C32H27N/c1-5-9-27-23(6-2)25-15-12-22(19-28(25)32(27,3)4)21-14-16-29-26(18-21)31-24-11-8-7-10-20(24)13-17-30(31)33-29/h5-19,33H,2H2,1,3-4H3/b9-5-. The Morgan fingerprint density at radius 2 is 1.58 bits per heavy atom. The lowest BCUT2D eigenvalue weighted by Gasteiger charge is -2.23. The molecule has 5 aromatic rings. The predicted octanol–water partition coefficient (Wildman–Crippen LogP) is 8.95. The Kier molecular flexibility index (Phi) is 4.25. The molecule has 0 aliphatic heterocycles. The maximum atomic E-state index is 4.11. The van der Waals surface area contributed by atoms with E-state index in [2.05, 4.69) is 117 Å². The average Bonchev–Trinajstić information content (AvgIpc) is 3.31. The van der Waals surface area contributed by atoms with Gasteiger partial charge >= 0.3 is 0 Å². The molecule has 1 heteroatoms. The van der Waals surface area contributed by atoms with E-state index in [0.29, 0.717) is 0 Å². The van der Waals surface area contributed by atoms with Crippen molar-refractivity contribution in [3.8, 4) is 11.1 Å². The second-order valence-electron chi connectivity index (χ2n) is 9.51. The fourth-order valence-corrected chi connectivity index (χ4v) is 5.64. The largest absolute Gasteiger partial charge is 0.354 e. The second kappa shape index (κ2) is 7.08. The first kappa shape index (κ1) is 19.8. The normalized spacial score (nSPS) is 15.2.